The Morgan fingerprint density at radius 2 is 2.05 bits per heavy atom. The monoisotopic (exact) mass is 281 g/mol. The van der Waals surface area contributed by atoms with E-state index in [1.54, 1.807) is 0 Å². The third-order valence-corrected chi connectivity index (χ3v) is 3.40. The number of unbranched alkanes of at least 4 members (excludes halogenated alkanes) is 1. The predicted octanol–water partition coefficient (Wildman–Crippen LogP) is 3.99. The van der Waals surface area contributed by atoms with Crippen LogP contribution in [0.25, 0.3) is 22.4 Å². The number of hydrogen-bond acceptors (Lipinski definition) is 3. The fraction of sp³-hybridized carbons (Fsp3) is 0.235. The average molecular weight is 281 g/mol. The van der Waals surface area contributed by atoms with Crippen LogP contribution in [0.15, 0.2) is 42.5 Å². The Balaban J connectivity index is 1.97. The summed E-state index contributed by atoms with van der Waals surface area (Å²) >= 11 is 0. The number of nitrogen functional groups attached to an aromatic ring is 1. The minimum absolute atomic E-state index is 0.723. The largest absolute Gasteiger partial charge is 0.493 e. The summed E-state index contributed by atoms with van der Waals surface area (Å²) in [7, 11) is 0. The van der Waals surface area contributed by atoms with E-state index in [9.17, 15) is 0 Å². The summed E-state index contributed by atoms with van der Waals surface area (Å²) in [4.78, 5) is 7.93. The van der Waals surface area contributed by atoms with Crippen LogP contribution in [0.5, 0.6) is 5.75 Å². The lowest BCUT2D eigenvalue weighted by Gasteiger charge is -2.09. The Morgan fingerprint density at radius 3 is 2.90 bits per heavy atom. The molecule has 0 amide bonds. The molecular formula is C17H19N3O. The highest BCUT2D eigenvalue weighted by Gasteiger charge is 2.10. The number of H-pyrrole nitrogens is 1. The molecule has 3 aromatic rings. The molecule has 0 aliphatic heterocycles. The number of para-hydroxylation sites is 1. The molecule has 0 spiro atoms. The number of hydrogen-bond donors (Lipinski definition) is 2. The van der Waals surface area contributed by atoms with Gasteiger partial charge in [0.15, 0.2) is 0 Å². The van der Waals surface area contributed by atoms with Gasteiger partial charge >= 0.3 is 0 Å². The number of nitrogens with one attached hydrogen (secondary N) is 1. The molecule has 1 heterocycles. The minimum Gasteiger partial charge on any atom is -0.493 e. The lowest BCUT2D eigenvalue weighted by atomic mass is 10.2. The van der Waals surface area contributed by atoms with Crippen molar-refractivity contribution in [2.45, 2.75) is 19.8 Å². The van der Waals surface area contributed by atoms with E-state index < -0.39 is 0 Å². The van der Waals surface area contributed by atoms with E-state index in [-0.39, 0.29) is 0 Å². The highest BCUT2D eigenvalue weighted by molar-refractivity contribution is 5.83. The number of nitrogens with two attached hydrogens (primary N) is 1. The van der Waals surface area contributed by atoms with E-state index in [2.05, 4.69) is 16.9 Å². The van der Waals surface area contributed by atoms with Crippen molar-refractivity contribution >= 4 is 16.7 Å². The molecule has 0 unspecified atom stereocenters. The number of anilines is 1. The van der Waals surface area contributed by atoms with Crippen LogP contribution in [0.2, 0.25) is 0 Å². The van der Waals surface area contributed by atoms with Gasteiger partial charge in [0.25, 0.3) is 0 Å². The maximum atomic E-state index is 5.87. The Morgan fingerprint density at radius 1 is 1.19 bits per heavy atom. The average Bonchev–Trinajstić information content (AvgIpc) is 2.91. The normalized spacial score (nSPS) is 10.9. The second-order valence-electron chi connectivity index (χ2n) is 5.06. The number of nitrogens with zero attached hydrogens (tertiary/aromatic N) is 1. The molecule has 0 aliphatic rings. The van der Waals surface area contributed by atoms with Gasteiger partial charge in [-0.2, -0.15) is 0 Å². The Kier molecular flexibility index (Phi) is 3.77. The van der Waals surface area contributed by atoms with Crippen molar-refractivity contribution in [2.75, 3.05) is 12.3 Å². The van der Waals surface area contributed by atoms with Crippen LogP contribution in [0.3, 0.4) is 0 Å². The molecular weight excluding hydrogens is 262 g/mol. The molecule has 0 saturated heterocycles. The zero-order valence-corrected chi connectivity index (χ0v) is 12.1. The molecule has 0 radical (unpaired) electrons. The van der Waals surface area contributed by atoms with Crippen molar-refractivity contribution in [1.29, 1.82) is 0 Å². The summed E-state index contributed by atoms with van der Waals surface area (Å²) in [5.74, 6) is 1.67. The van der Waals surface area contributed by atoms with Crippen molar-refractivity contribution < 1.29 is 4.74 Å². The molecule has 0 saturated carbocycles. The van der Waals surface area contributed by atoms with Crippen LogP contribution in [0.1, 0.15) is 19.8 Å². The molecule has 2 aromatic carbocycles. The summed E-state index contributed by atoms with van der Waals surface area (Å²) in [5.41, 5.74) is 9.36. The SMILES string of the molecule is CCCCOc1ccccc1-c1nc2ccc(N)cc2[nH]1. The van der Waals surface area contributed by atoms with Gasteiger partial charge in [-0.05, 0) is 36.8 Å². The van der Waals surface area contributed by atoms with Crippen molar-refractivity contribution in [3.05, 3.63) is 42.5 Å². The summed E-state index contributed by atoms with van der Waals surface area (Å²) in [6, 6.07) is 13.6. The number of ether oxygens (including phenoxy) is 1. The van der Waals surface area contributed by atoms with E-state index in [1.165, 1.54) is 0 Å². The first kappa shape index (κ1) is 13.5. The van der Waals surface area contributed by atoms with Gasteiger partial charge in [0.1, 0.15) is 11.6 Å². The van der Waals surface area contributed by atoms with Crippen molar-refractivity contribution in [1.82, 2.24) is 9.97 Å². The first-order chi connectivity index (χ1) is 10.3. The summed E-state index contributed by atoms with van der Waals surface area (Å²) in [6.07, 6.45) is 2.16. The Bertz CT molecular complexity index is 749. The van der Waals surface area contributed by atoms with Crippen molar-refractivity contribution in [3.63, 3.8) is 0 Å². The Labute approximate surface area is 124 Å². The molecule has 0 bridgehead atoms. The molecule has 0 atom stereocenters. The molecule has 4 heteroatoms. The van der Waals surface area contributed by atoms with Gasteiger partial charge in [0.05, 0.1) is 23.2 Å². The number of aromatic amines is 1. The van der Waals surface area contributed by atoms with Gasteiger partial charge in [-0.25, -0.2) is 4.98 Å². The number of benzene rings is 2. The van der Waals surface area contributed by atoms with E-state index >= 15 is 0 Å². The molecule has 3 rings (SSSR count). The molecule has 1 aromatic heterocycles. The first-order valence-corrected chi connectivity index (χ1v) is 7.25. The third-order valence-electron chi connectivity index (χ3n) is 3.40. The minimum atomic E-state index is 0.723. The second-order valence-corrected chi connectivity index (χ2v) is 5.06. The van der Waals surface area contributed by atoms with Gasteiger partial charge in [-0.15, -0.1) is 0 Å². The number of imidazole rings is 1. The zero-order valence-electron chi connectivity index (χ0n) is 12.1. The number of aromatic nitrogens is 2. The first-order valence-electron chi connectivity index (χ1n) is 7.25. The van der Waals surface area contributed by atoms with Gasteiger partial charge in [-0.3, -0.25) is 0 Å². The Hall–Kier alpha value is -2.49. The standard InChI is InChI=1S/C17H19N3O/c1-2-3-10-21-16-7-5-4-6-13(16)17-19-14-9-8-12(18)11-15(14)20-17/h4-9,11H,2-3,10,18H2,1H3,(H,19,20). The van der Waals surface area contributed by atoms with Gasteiger partial charge in [0, 0.05) is 5.69 Å². The van der Waals surface area contributed by atoms with Crippen LogP contribution >= 0.6 is 0 Å². The van der Waals surface area contributed by atoms with Crippen LogP contribution in [0, 0.1) is 0 Å². The fourth-order valence-electron chi connectivity index (χ4n) is 2.27. The molecule has 0 aliphatic carbocycles. The van der Waals surface area contributed by atoms with E-state index in [0.717, 1.165) is 53.3 Å². The van der Waals surface area contributed by atoms with E-state index in [1.807, 2.05) is 42.5 Å². The second kappa shape index (κ2) is 5.87. The quantitative estimate of drug-likeness (QED) is 0.549. The highest BCUT2D eigenvalue weighted by atomic mass is 16.5. The smallest absolute Gasteiger partial charge is 0.142 e. The van der Waals surface area contributed by atoms with Crippen molar-refractivity contribution in [3.8, 4) is 17.1 Å². The highest BCUT2D eigenvalue weighted by Crippen LogP contribution is 2.29. The summed E-state index contributed by atoms with van der Waals surface area (Å²) < 4.78 is 5.87. The van der Waals surface area contributed by atoms with Crippen LogP contribution < -0.4 is 10.5 Å². The maximum absolute atomic E-state index is 5.87. The maximum Gasteiger partial charge on any atom is 0.142 e. The number of rotatable bonds is 5. The van der Waals surface area contributed by atoms with E-state index in [0.29, 0.717) is 0 Å². The zero-order chi connectivity index (χ0) is 14.7. The fourth-order valence-corrected chi connectivity index (χ4v) is 2.27. The van der Waals surface area contributed by atoms with E-state index in [4.69, 9.17) is 10.5 Å². The van der Waals surface area contributed by atoms with Gasteiger partial charge in [-0.1, -0.05) is 25.5 Å². The molecule has 3 N–H and O–H groups in total. The summed E-state index contributed by atoms with van der Waals surface area (Å²) in [5, 5.41) is 0. The molecule has 21 heavy (non-hydrogen) atoms. The van der Waals surface area contributed by atoms with Crippen LogP contribution in [-0.4, -0.2) is 16.6 Å². The van der Waals surface area contributed by atoms with Crippen LogP contribution in [-0.2, 0) is 0 Å². The predicted molar refractivity (Wildman–Crippen MR) is 86.3 cm³/mol. The van der Waals surface area contributed by atoms with Crippen LogP contribution in [0.4, 0.5) is 5.69 Å². The third kappa shape index (κ3) is 2.84. The lowest BCUT2D eigenvalue weighted by Crippen LogP contribution is -1.98. The molecule has 108 valence electrons. The topological polar surface area (TPSA) is 63.9 Å². The molecule has 0 fully saturated rings. The van der Waals surface area contributed by atoms with Crippen molar-refractivity contribution in [2.24, 2.45) is 0 Å². The summed E-state index contributed by atoms with van der Waals surface area (Å²) in [6.45, 7) is 2.87. The molecule has 4 nitrogen and oxygen atoms in total. The van der Waals surface area contributed by atoms with Gasteiger partial charge < -0.3 is 15.5 Å². The number of fused-ring (bicyclic) bond motifs is 1. The lowest BCUT2D eigenvalue weighted by molar-refractivity contribution is 0.310. The van der Waals surface area contributed by atoms with Gasteiger partial charge in [0.2, 0.25) is 0 Å².